The van der Waals surface area contributed by atoms with Gasteiger partial charge in [0, 0.05) is 5.92 Å². The van der Waals surface area contributed by atoms with Gasteiger partial charge in [0.15, 0.2) is 0 Å². The molecule has 0 aromatic heterocycles. The van der Waals surface area contributed by atoms with E-state index >= 15 is 0 Å². The van der Waals surface area contributed by atoms with Crippen LogP contribution < -0.4 is 0 Å². The van der Waals surface area contributed by atoms with E-state index in [1.54, 1.807) is 0 Å². The molecule has 1 aromatic rings. The molecule has 3 rings (SSSR count). The van der Waals surface area contributed by atoms with Gasteiger partial charge in [0.05, 0.1) is 12.5 Å². The molecule has 0 heterocycles. The summed E-state index contributed by atoms with van der Waals surface area (Å²) in [6.07, 6.45) is 7.63. The summed E-state index contributed by atoms with van der Waals surface area (Å²) in [7, 11) is 0. The molecule has 2 bridgehead atoms. The average molecular weight is 270 g/mol. The zero-order valence-electron chi connectivity index (χ0n) is 12.0. The van der Waals surface area contributed by atoms with Crippen molar-refractivity contribution >= 4 is 5.97 Å². The first kappa shape index (κ1) is 13.4. The fourth-order valence-corrected chi connectivity index (χ4v) is 3.69. The number of carbonyl (C=O) groups is 1. The topological polar surface area (TPSA) is 26.3 Å². The third-order valence-electron chi connectivity index (χ3n) is 4.66. The first-order valence-electron chi connectivity index (χ1n) is 7.71. The van der Waals surface area contributed by atoms with Crippen LogP contribution in [0.3, 0.4) is 0 Å². The second-order valence-electron chi connectivity index (χ2n) is 5.93. The van der Waals surface area contributed by atoms with Gasteiger partial charge >= 0.3 is 5.97 Å². The monoisotopic (exact) mass is 270 g/mol. The Hall–Kier alpha value is -1.57. The molecule has 0 saturated heterocycles. The van der Waals surface area contributed by atoms with Crippen LogP contribution in [0.15, 0.2) is 42.5 Å². The van der Waals surface area contributed by atoms with Crippen molar-refractivity contribution in [1.82, 2.24) is 0 Å². The van der Waals surface area contributed by atoms with Crippen molar-refractivity contribution in [3.05, 3.63) is 48.0 Å². The quantitative estimate of drug-likeness (QED) is 0.460. The lowest BCUT2D eigenvalue weighted by Crippen LogP contribution is -2.28. The first-order valence-corrected chi connectivity index (χ1v) is 7.71. The van der Waals surface area contributed by atoms with Crippen molar-refractivity contribution in [3.8, 4) is 0 Å². The highest BCUT2D eigenvalue weighted by Crippen LogP contribution is 2.53. The van der Waals surface area contributed by atoms with Crippen molar-refractivity contribution in [2.45, 2.75) is 32.1 Å². The summed E-state index contributed by atoms with van der Waals surface area (Å²) < 4.78 is 5.50. The third kappa shape index (κ3) is 2.39. The molecule has 2 heteroatoms. The fraction of sp³-hybridized carbons (Fsp3) is 0.500. The predicted octanol–water partition coefficient (Wildman–Crippen LogP) is 3.94. The van der Waals surface area contributed by atoms with E-state index < -0.39 is 0 Å². The van der Waals surface area contributed by atoms with E-state index in [0.29, 0.717) is 24.4 Å². The van der Waals surface area contributed by atoms with Crippen LogP contribution in [0.1, 0.15) is 37.7 Å². The number of esters is 1. The van der Waals surface area contributed by atoms with Crippen molar-refractivity contribution in [3.63, 3.8) is 0 Å². The second-order valence-corrected chi connectivity index (χ2v) is 5.93. The molecule has 2 aliphatic rings. The zero-order chi connectivity index (χ0) is 13.9. The zero-order valence-corrected chi connectivity index (χ0v) is 12.0. The lowest BCUT2D eigenvalue weighted by molar-refractivity contribution is -0.150. The predicted molar refractivity (Wildman–Crippen MR) is 79.3 cm³/mol. The minimum Gasteiger partial charge on any atom is -0.465 e. The lowest BCUT2D eigenvalue weighted by Gasteiger charge is -2.26. The normalized spacial score (nSPS) is 30.6. The molecule has 4 unspecified atom stereocenters. The standard InChI is InChI=1S/C18H22O2/c1-2-3-11-20-18(19)17-15-10-9-14(12-15)16(17)13-7-5-4-6-8-13/h4-10,14-17H,2-3,11-12H2,1H3. The van der Waals surface area contributed by atoms with Gasteiger partial charge < -0.3 is 4.74 Å². The van der Waals surface area contributed by atoms with Gasteiger partial charge in [-0.1, -0.05) is 55.8 Å². The number of allylic oxidation sites excluding steroid dienone is 2. The van der Waals surface area contributed by atoms with Gasteiger partial charge in [-0.05, 0) is 30.2 Å². The molecule has 4 atom stereocenters. The average Bonchev–Trinajstić information content (AvgIpc) is 3.09. The van der Waals surface area contributed by atoms with Crippen LogP contribution in [0.5, 0.6) is 0 Å². The van der Waals surface area contributed by atoms with Gasteiger partial charge in [0.25, 0.3) is 0 Å². The van der Waals surface area contributed by atoms with E-state index in [1.165, 1.54) is 5.56 Å². The Labute approximate surface area is 120 Å². The summed E-state index contributed by atoms with van der Waals surface area (Å²) in [5.41, 5.74) is 1.28. The number of unbranched alkanes of at least 4 members (excludes halogenated alkanes) is 1. The van der Waals surface area contributed by atoms with Crippen molar-refractivity contribution in [2.75, 3.05) is 6.61 Å². The molecule has 0 radical (unpaired) electrons. The van der Waals surface area contributed by atoms with Crippen LogP contribution in [0.4, 0.5) is 0 Å². The number of carbonyl (C=O) groups excluding carboxylic acids is 1. The second kappa shape index (κ2) is 5.82. The SMILES string of the molecule is CCCCOC(=O)C1C2C=CC(C2)C1c1ccccc1. The minimum atomic E-state index is 0.00385. The maximum Gasteiger partial charge on any atom is 0.310 e. The van der Waals surface area contributed by atoms with E-state index in [2.05, 4.69) is 43.3 Å². The molecule has 0 spiro atoms. The number of benzene rings is 1. The van der Waals surface area contributed by atoms with Gasteiger partial charge in [0.2, 0.25) is 0 Å². The molecule has 1 aromatic carbocycles. The molecule has 20 heavy (non-hydrogen) atoms. The van der Waals surface area contributed by atoms with E-state index in [1.807, 2.05) is 6.07 Å². The highest BCUT2D eigenvalue weighted by Gasteiger charge is 2.49. The Bertz CT molecular complexity index is 491. The first-order chi connectivity index (χ1) is 9.81. The van der Waals surface area contributed by atoms with E-state index in [-0.39, 0.29) is 11.9 Å². The van der Waals surface area contributed by atoms with Crippen LogP contribution in [0, 0.1) is 17.8 Å². The Balaban J connectivity index is 1.78. The molecule has 0 amide bonds. The Morgan fingerprint density at radius 1 is 1.20 bits per heavy atom. The molecule has 1 saturated carbocycles. The molecular weight excluding hydrogens is 248 g/mol. The van der Waals surface area contributed by atoms with Crippen LogP contribution in [0.25, 0.3) is 0 Å². The van der Waals surface area contributed by atoms with E-state index in [0.717, 1.165) is 19.3 Å². The van der Waals surface area contributed by atoms with Crippen LogP contribution in [-0.4, -0.2) is 12.6 Å². The highest BCUT2D eigenvalue weighted by molar-refractivity contribution is 5.75. The number of hydrogen-bond donors (Lipinski definition) is 0. The van der Waals surface area contributed by atoms with Crippen molar-refractivity contribution in [2.24, 2.45) is 17.8 Å². The van der Waals surface area contributed by atoms with Crippen molar-refractivity contribution < 1.29 is 9.53 Å². The van der Waals surface area contributed by atoms with Gasteiger partial charge in [-0.15, -0.1) is 0 Å². The molecule has 0 aliphatic heterocycles. The molecular formula is C18H22O2. The Morgan fingerprint density at radius 2 is 1.95 bits per heavy atom. The van der Waals surface area contributed by atoms with Crippen molar-refractivity contribution in [1.29, 1.82) is 0 Å². The van der Waals surface area contributed by atoms with Crippen LogP contribution >= 0.6 is 0 Å². The number of fused-ring (bicyclic) bond motifs is 2. The summed E-state index contributed by atoms with van der Waals surface area (Å²) in [6.45, 7) is 2.68. The van der Waals surface area contributed by atoms with Gasteiger partial charge in [0.1, 0.15) is 0 Å². The number of rotatable bonds is 5. The lowest BCUT2D eigenvalue weighted by atomic mass is 9.78. The number of hydrogen-bond acceptors (Lipinski definition) is 2. The van der Waals surface area contributed by atoms with Crippen LogP contribution in [-0.2, 0) is 9.53 Å². The van der Waals surface area contributed by atoms with Crippen LogP contribution in [0.2, 0.25) is 0 Å². The fourth-order valence-electron chi connectivity index (χ4n) is 3.69. The third-order valence-corrected chi connectivity index (χ3v) is 4.66. The van der Waals surface area contributed by atoms with Gasteiger partial charge in [-0.25, -0.2) is 0 Å². The van der Waals surface area contributed by atoms with Gasteiger partial charge in [-0.3, -0.25) is 4.79 Å². The minimum absolute atomic E-state index is 0.00385. The highest BCUT2D eigenvalue weighted by atomic mass is 16.5. The maximum absolute atomic E-state index is 12.4. The molecule has 2 aliphatic carbocycles. The van der Waals surface area contributed by atoms with E-state index in [9.17, 15) is 4.79 Å². The number of ether oxygens (including phenoxy) is 1. The molecule has 2 nitrogen and oxygen atoms in total. The Morgan fingerprint density at radius 3 is 2.70 bits per heavy atom. The molecule has 0 N–H and O–H groups in total. The largest absolute Gasteiger partial charge is 0.465 e. The van der Waals surface area contributed by atoms with E-state index in [4.69, 9.17) is 4.74 Å². The Kier molecular flexibility index (Phi) is 3.90. The molecule has 106 valence electrons. The summed E-state index contributed by atoms with van der Waals surface area (Å²) in [6, 6.07) is 10.4. The molecule has 1 fully saturated rings. The summed E-state index contributed by atoms with van der Waals surface area (Å²) in [5.74, 6) is 1.21. The summed E-state index contributed by atoms with van der Waals surface area (Å²) >= 11 is 0. The van der Waals surface area contributed by atoms with Gasteiger partial charge in [-0.2, -0.15) is 0 Å². The smallest absolute Gasteiger partial charge is 0.310 e. The summed E-state index contributed by atoms with van der Waals surface area (Å²) in [5, 5.41) is 0. The maximum atomic E-state index is 12.4. The summed E-state index contributed by atoms with van der Waals surface area (Å²) in [4.78, 5) is 12.4.